The lowest BCUT2D eigenvalue weighted by Crippen LogP contribution is -2.05. The Hall–Kier alpha value is -3.92. The number of rotatable bonds is 7. The van der Waals surface area contributed by atoms with Crippen LogP contribution in [0, 0.1) is 6.57 Å². The van der Waals surface area contributed by atoms with Gasteiger partial charge >= 0.3 is 5.97 Å². The van der Waals surface area contributed by atoms with Gasteiger partial charge in [0.2, 0.25) is 11.5 Å². The zero-order valence-corrected chi connectivity index (χ0v) is 17.3. The van der Waals surface area contributed by atoms with Gasteiger partial charge in [-0.15, -0.1) is 0 Å². The molecule has 0 bridgehead atoms. The smallest absolute Gasteiger partial charge is 0.303 e. The van der Waals surface area contributed by atoms with Crippen molar-refractivity contribution in [2.45, 2.75) is 39.2 Å². The number of fused-ring (bicyclic) bond motifs is 1. The molecule has 0 aliphatic heterocycles. The summed E-state index contributed by atoms with van der Waals surface area (Å²) in [6.45, 7) is 11.2. The van der Waals surface area contributed by atoms with E-state index in [-0.39, 0.29) is 12.5 Å². The Morgan fingerprint density at radius 2 is 2.10 bits per heavy atom. The predicted octanol–water partition coefficient (Wildman–Crippen LogP) is 5.55. The summed E-state index contributed by atoms with van der Waals surface area (Å²) in [6.07, 6.45) is 3.33. The highest BCUT2D eigenvalue weighted by Gasteiger charge is 2.21. The predicted molar refractivity (Wildman–Crippen MR) is 116 cm³/mol. The number of carboxylic acids is 1. The van der Waals surface area contributed by atoms with Crippen LogP contribution in [0.15, 0.2) is 47.0 Å². The Kier molecular flexibility index (Phi) is 5.54. The Bertz CT molecular complexity index is 1220. The maximum Gasteiger partial charge on any atom is 0.303 e. The molecule has 1 aliphatic rings. The summed E-state index contributed by atoms with van der Waals surface area (Å²) in [4.78, 5) is 19.0. The second kappa shape index (κ2) is 8.44. The lowest BCUT2D eigenvalue weighted by atomic mass is 9.98. The molecule has 0 saturated carbocycles. The monoisotopic (exact) mass is 415 g/mol. The van der Waals surface area contributed by atoms with E-state index in [1.54, 1.807) is 18.2 Å². The van der Waals surface area contributed by atoms with Gasteiger partial charge in [0, 0.05) is 17.5 Å². The third kappa shape index (κ3) is 4.19. The zero-order chi connectivity index (χ0) is 22.0. The first-order valence-corrected chi connectivity index (χ1v) is 10.0. The first-order chi connectivity index (χ1) is 15.0. The van der Waals surface area contributed by atoms with E-state index in [0.29, 0.717) is 41.6 Å². The zero-order valence-electron chi connectivity index (χ0n) is 17.3. The fourth-order valence-electron chi connectivity index (χ4n) is 3.67. The Morgan fingerprint density at radius 1 is 1.29 bits per heavy atom. The van der Waals surface area contributed by atoms with Gasteiger partial charge < -0.3 is 14.4 Å². The van der Waals surface area contributed by atoms with Crippen molar-refractivity contribution in [3.05, 3.63) is 65.0 Å². The van der Waals surface area contributed by atoms with Gasteiger partial charge in [0.1, 0.15) is 5.75 Å². The maximum absolute atomic E-state index is 10.9. The van der Waals surface area contributed by atoms with Crippen molar-refractivity contribution in [3.63, 3.8) is 0 Å². The molecule has 0 fully saturated rings. The van der Waals surface area contributed by atoms with Crippen molar-refractivity contribution < 1.29 is 19.2 Å². The molecule has 1 heterocycles. The second-order valence-electron chi connectivity index (χ2n) is 7.54. The highest BCUT2D eigenvalue weighted by molar-refractivity contribution is 5.81. The lowest BCUT2D eigenvalue weighted by Gasteiger charge is -2.11. The Labute approximate surface area is 179 Å². The molecule has 156 valence electrons. The normalized spacial score (nSPS) is 12.4. The molecule has 1 aliphatic carbocycles. The first kappa shape index (κ1) is 20.4. The molecule has 2 aromatic carbocycles. The van der Waals surface area contributed by atoms with Crippen LogP contribution in [0.2, 0.25) is 0 Å². The molecule has 4 rings (SSSR count). The number of hydrogen-bond donors (Lipinski definition) is 1. The summed E-state index contributed by atoms with van der Waals surface area (Å²) < 4.78 is 11.2. The molecule has 3 aromatic rings. The number of carbonyl (C=O) groups is 1. The summed E-state index contributed by atoms with van der Waals surface area (Å²) in [7, 11) is 0. The highest BCUT2D eigenvalue weighted by Crippen LogP contribution is 2.37. The maximum atomic E-state index is 10.9. The largest absolute Gasteiger partial charge is 0.502 e. The molecule has 1 N–H and O–H groups in total. The fourth-order valence-corrected chi connectivity index (χ4v) is 3.67. The molecule has 7 nitrogen and oxygen atoms in total. The van der Waals surface area contributed by atoms with Crippen LogP contribution in [0.4, 0.5) is 5.69 Å². The SMILES string of the molecule is [C-]#[N+]c1cc(-c2nc(-c3cccc4c3CC=C4CCC(=O)O)no2)ccc1OC(C)C. The third-order valence-corrected chi connectivity index (χ3v) is 5.04. The van der Waals surface area contributed by atoms with Crippen LogP contribution in [-0.2, 0) is 11.2 Å². The van der Waals surface area contributed by atoms with Gasteiger partial charge in [-0.1, -0.05) is 29.4 Å². The van der Waals surface area contributed by atoms with E-state index < -0.39 is 5.97 Å². The van der Waals surface area contributed by atoms with Crippen molar-refractivity contribution in [1.82, 2.24) is 10.1 Å². The summed E-state index contributed by atoms with van der Waals surface area (Å²) >= 11 is 0. The average Bonchev–Trinajstić information content (AvgIpc) is 3.39. The van der Waals surface area contributed by atoms with E-state index >= 15 is 0 Å². The molecule has 0 saturated heterocycles. The average molecular weight is 415 g/mol. The fraction of sp³-hybridized carbons (Fsp3) is 0.250. The quantitative estimate of drug-likeness (QED) is 0.509. The van der Waals surface area contributed by atoms with Crippen LogP contribution in [0.25, 0.3) is 33.3 Å². The van der Waals surface area contributed by atoms with Gasteiger partial charge in [-0.25, -0.2) is 4.85 Å². The molecule has 31 heavy (non-hydrogen) atoms. The Balaban J connectivity index is 1.63. The van der Waals surface area contributed by atoms with Gasteiger partial charge in [-0.3, -0.25) is 4.79 Å². The van der Waals surface area contributed by atoms with Crippen LogP contribution in [-0.4, -0.2) is 27.3 Å². The number of aliphatic carboxylic acids is 1. The van der Waals surface area contributed by atoms with E-state index in [0.717, 1.165) is 22.3 Å². The number of carboxylic acid groups (broad SMARTS) is 1. The van der Waals surface area contributed by atoms with Crippen LogP contribution < -0.4 is 4.74 Å². The van der Waals surface area contributed by atoms with Gasteiger partial charge in [0.15, 0.2) is 0 Å². The molecular formula is C24H21N3O4. The molecular weight excluding hydrogens is 394 g/mol. The highest BCUT2D eigenvalue weighted by atomic mass is 16.5. The van der Waals surface area contributed by atoms with Crippen molar-refractivity contribution in [1.29, 1.82) is 0 Å². The standard InChI is InChI=1S/C24H21N3O4/c1-14(2)30-21-11-8-16(13-20(21)25-3)24-26-23(27-31-24)19-6-4-5-17-15(7-10-18(17)19)9-12-22(28)29/h4-8,11,13-14H,9-10,12H2,1-2H3,(H,28,29). The molecule has 0 unspecified atom stereocenters. The summed E-state index contributed by atoms with van der Waals surface area (Å²) in [5.74, 6) is 0.503. The van der Waals surface area contributed by atoms with E-state index in [4.69, 9.17) is 20.9 Å². The van der Waals surface area contributed by atoms with Crippen LogP contribution in [0.1, 0.15) is 37.8 Å². The number of allylic oxidation sites excluding steroid dienone is 2. The van der Waals surface area contributed by atoms with E-state index in [1.807, 2.05) is 32.0 Å². The van der Waals surface area contributed by atoms with Gasteiger partial charge in [0.05, 0.1) is 12.7 Å². The molecule has 0 radical (unpaired) electrons. The third-order valence-electron chi connectivity index (χ3n) is 5.04. The molecule has 7 heteroatoms. The first-order valence-electron chi connectivity index (χ1n) is 10.0. The molecule has 0 spiro atoms. The topological polar surface area (TPSA) is 89.8 Å². The van der Waals surface area contributed by atoms with Gasteiger partial charge in [-0.2, -0.15) is 4.98 Å². The molecule has 0 amide bonds. The molecule has 1 aromatic heterocycles. The van der Waals surface area contributed by atoms with Crippen molar-refractivity contribution in [2.24, 2.45) is 0 Å². The minimum atomic E-state index is -0.808. The van der Waals surface area contributed by atoms with E-state index in [2.05, 4.69) is 21.1 Å². The lowest BCUT2D eigenvalue weighted by molar-refractivity contribution is -0.136. The van der Waals surface area contributed by atoms with Crippen LogP contribution >= 0.6 is 0 Å². The van der Waals surface area contributed by atoms with Crippen molar-refractivity contribution in [2.75, 3.05) is 0 Å². The second-order valence-corrected chi connectivity index (χ2v) is 7.54. The number of aromatic nitrogens is 2. The summed E-state index contributed by atoms with van der Waals surface area (Å²) in [6, 6.07) is 11.1. The van der Waals surface area contributed by atoms with Gasteiger partial charge in [0.25, 0.3) is 5.89 Å². The number of hydrogen-bond acceptors (Lipinski definition) is 5. The van der Waals surface area contributed by atoms with E-state index in [9.17, 15) is 4.79 Å². The minimum absolute atomic E-state index is 0.0319. The summed E-state index contributed by atoms with van der Waals surface area (Å²) in [5.41, 5.74) is 5.03. The van der Waals surface area contributed by atoms with E-state index in [1.165, 1.54) is 0 Å². The molecule has 0 atom stereocenters. The summed E-state index contributed by atoms with van der Waals surface area (Å²) in [5, 5.41) is 13.1. The van der Waals surface area contributed by atoms with Gasteiger partial charge in [-0.05, 0) is 61.6 Å². The van der Waals surface area contributed by atoms with Crippen LogP contribution in [0.3, 0.4) is 0 Å². The van der Waals surface area contributed by atoms with Crippen LogP contribution in [0.5, 0.6) is 5.75 Å². The van der Waals surface area contributed by atoms with Crippen molar-refractivity contribution >= 4 is 17.2 Å². The van der Waals surface area contributed by atoms with Crippen molar-refractivity contribution in [3.8, 4) is 28.6 Å². The Morgan fingerprint density at radius 3 is 2.84 bits per heavy atom. The number of ether oxygens (including phenoxy) is 1. The number of nitrogens with zero attached hydrogens (tertiary/aromatic N) is 3. The number of benzene rings is 2. The minimum Gasteiger partial charge on any atom is -0.502 e.